The van der Waals surface area contributed by atoms with Crippen LogP contribution in [0, 0.1) is 6.92 Å². The summed E-state index contributed by atoms with van der Waals surface area (Å²) >= 11 is 6.21. The van der Waals surface area contributed by atoms with E-state index in [1.165, 1.54) is 30.0 Å². The van der Waals surface area contributed by atoms with Crippen LogP contribution >= 0.6 is 39.0 Å². The van der Waals surface area contributed by atoms with Gasteiger partial charge in [0.2, 0.25) is 0 Å². The number of benzene rings is 1. The van der Waals surface area contributed by atoms with Crippen molar-refractivity contribution in [2.45, 2.75) is 23.0 Å². The lowest BCUT2D eigenvalue weighted by atomic mass is 10.0. The number of hydrogen-bond donors (Lipinski definition) is 1. The van der Waals surface area contributed by atoms with Crippen LogP contribution in [0.1, 0.15) is 33.2 Å². The fraction of sp³-hybridized carbons (Fsp3) is 0.111. The fourth-order valence-electron chi connectivity index (χ4n) is 2.25. The monoisotopic (exact) mass is 447 g/mol. The number of aldehydes is 1. The zero-order chi connectivity index (χ0) is 18.7. The molecular weight excluding hydrogens is 434 g/mol. The zero-order valence-electron chi connectivity index (χ0n) is 13.9. The molecule has 0 fully saturated rings. The van der Waals surface area contributed by atoms with Crippen molar-refractivity contribution in [1.82, 2.24) is 9.97 Å². The number of carbonyl (C=O) groups is 2. The van der Waals surface area contributed by atoms with E-state index in [9.17, 15) is 9.59 Å². The van der Waals surface area contributed by atoms with Gasteiger partial charge in [0.25, 0.3) is 0 Å². The third kappa shape index (κ3) is 4.38. The molecule has 2 heterocycles. The van der Waals surface area contributed by atoms with Crippen LogP contribution in [0.5, 0.6) is 0 Å². The van der Waals surface area contributed by atoms with Gasteiger partial charge in [0.15, 0.2) is 10.9 Å². The molecule has 0 spiro atoms. The maximum absolute atomic E-state index is 11.9. The summed E-state index contributed by atoms with van der Waals surface area (Å²) in [7, 11) is 0. The summed E-state index contributed by atoms with van der Waals surface area (Å²) in [6.07, 6.45) is 2.54. The number of carbonyl (C=O) groups excluding carboxylic acids is 2. The highest BCUT2D eigenvalue weighted by Gasteiger charge is 2.14. The number of nitrogens with one attached hydrogen (secondary N) is 1. The number of pyridine rings is 1. The largest absolute Gasteiger partial charge is 0.316 e. The van der Waals surface area contributed by atoms with E-state index in [1.54, 1.807) is 18.3 Å². The topological polar surface area (TPSA) is 72.0 Å². The summed E-state index contributed by atoms with van der Waals surface area (Å²) in [5, 5.41) is 3.85. The van der Waals surface area contributed by atoms with Crippen molar-refractivity contribution in [2.75, 3.05) is 5.32 Å². The predicted octanol–water partition coefficient (Wildman–Crippen LogP) is 5.52. The van der Waals surface area contributed by atoms with Crippen molar-refractivity contribution >= 4 is 62.0 Å². The Kier molecular flexibility index (Phi) is 5.85. The molecule has 2 aromatic heterocycles. The predicted molar refractivity (Wildman–Crippen MR) is 108 cm³/mol. The summed E-state index contributed by atoms with van der Waals surface area (Å²) in [6.45, 7) is 3.35. The molecule has 0 bridgehead atoms. The van der Waals surface area contributed by atoms with Gasteiger partial charge in [-0.25, -0.2) is 9.97 Å². The maximum atomic E-state index is 11.9. The average Bonchev–Trinajstić information content (AvgIpc) is 3.02. The number of thiazole rings is 1. The van der Waals surface area contributed by atoms with Crippen LogP contribution in [0.15, 0.2) is 50.2 Å². The molecule has 1 N–H and O–H groups in total. The van der Waals surface area contributed by atoms with Gasteiger partial charge in [0.1, 0.15) is 16.7 Å². The van der Waals surface area contributed by atoms with E-state index in [2.05, 4.69) is 31.2 Å². The van der Waals surface area contributed by atoms with Crippen molar-refractivity contribution in [3.63, 3.8) is 0 Å². The minimum atomic E-state index is -0.0331. The zero-order valence-corrected chi connectivity index (χ0v) is 17.2. The lowest BCUT2D eigenvalue weighted by molar-refractivity contribution is 0.101. The van der Waals surface area contributed by atoms with Crippen molar-refractivity contribution in [1.29, 1.82) is 0 Å². The standard InChI is InChI=1S/C18H14BrN3O2S2/c1-10-6-13(11(2)24)14(7-12(10)9-23)25-17-8-20-18(26-17)22-16-5-3-4-15(19)21-16/h3-9H,1-2H3,(H,20,21,22). The molecule has 0 atom stereocenters. The van der Waals surface area contributed by atoms with Gasteiger partial charge < -0.3 is 5.32 Å². The molecule has 132 valence electrons. The number of aryl methyl sites for hydroxylation is 1. The molecule has 0 saturated carbocycles. The Balaban J connectivity index is 1.85. The smallest absolute Gasteiger partial charge is 0.189 e. The molecule has 0 aliphatic carbocycles. The van der Waals surface area contributed by atoms with Gasteiger partial charge in [0, 0.05) is 16.0 Å². The first kappa shape index (κ1) is 18.8. The summed E-state index contributed by atoms with van der Waals surface area (Å²) in [5.74, 6) is 0.655. The van der Waals surface area contributed by atoms with E-state index in [4.69, 9.17) is 0 Å². The number of aromatic nitrogens is 2. The molecule has 1 aromatic carbocycles. The van der Waals surface area contributed by atoms with Gasteiger partial charge in [-0.2, -0.15) is 0 Å². The Morgan fingerprint density at radius 3 is 2.85 bits per heavy atom. The van der Waals surface area contributed by atoms with Gasteiger partial charge in [-0.15, -0.1) is 0 Å². The molecule has 5 nitrogen and oxygen atoms in total. The number of nitrogens with zero attached hydrogens (tertiary/aromatic N) is 2. The van der Waals surface area contributed by atoms with E-state index in [1.807, 2.05) is 25.1 Å². The molecule has 0 saturated heterocycles. The Bertz CT molecular complexity index is 988. The Labute approximate surface area is 167 Å². The quantitative estimate of drug-likeness (QED) is 0.304. The second-order valence-electron chi connectivity index (χ2n) is 5.44. The van der Waals surface area contributed by atoms with Crippen LogP contribution in [-0.4, -0.2) is 22.0 Å². The first-order chi connectivity index (χ1) is 12.5. The van der Waals surface area contributed by atoms with Gasteiger partial charge in [0.05, 0.1) is 10.4 Å². The molecule has 0 amide bonds. The number of rotatable bonds is 6. The Morgan fingerprint density at radius 1 is 1.35 bits per heavy atom. The third-order valence-corrected chi connectivity index (χ3v) is 6.03. The molecule has 0 unspecified atom stereocenters. The molecule has 0 aliphatic heterocycles. The number of anilines is 2. The average molecular weight is 448 g/mol. The van der Waals surface area contributed by atoms with Crippen LogP contribution < -0.4 is 5.32 Å². The van der Waals surface area contributed by atoms with Gasteiger partial charge in [-0.3, -0.25) is 9.59 Å². The van der Waals surface area contributed by atoms with E-state index >= 15 is 0 Å². The van der Waals surface area contributed by atoms with Crippen molar-refractivity contribution in [3.05, 3.63) is 57.8 Å². The first-order valence-electron chi connectivity index (χ1n) is 7.60. The third-order valence-electron chi connectivity index (χ3n) is 3.52. The molecule has 8 heteroatoms. The molecule has 26 heavy (non-hydrogen) atoms. The van der Waals surface area contributed by atoms with Crippen LogP contribution in [0.4, 0.5) is 10.9 Å². The number of Topliss-reactive ketones (excluding diaryl/α,β-unsaturated/α-hetero) is 1. The Hall–Kier alpha value is -2.03. The minimum Gasteiger partial charge on any atom is -0.316 e. The molecule has 3 rings (SSSR count). The SMILES string of the molecule is CC(=O)c1cc(C)c(C=O)cc1Sc1cnc(Nc2cccc(Br)n2)s1. The van der Waals surface area contributed by atoms with Crippen LogP contribution in [0.25, 0.3) is 0 Å². The lowest BCUT2D eigenvalue weighted by Crippen LogP contribution is -1.99. The van der Waals surface area contributed by atoms with E-state index < -0.39 is 0 Å². The molecule has 0 radical (unpaired) electrons. The minimum absolute atomic E-state index is 0.0331. The highest BCUT2D eigenvalue weighted by molar-refractivity contribution is 9.10. The second kappa shape index (κ2) is 8.11. The fourth-order valence-corrected chi connectivity index (χ4v) is 4.64. The maximum Gasteiger partial charge on any atom is 0.189 e. The van der Waals surface area contributed by atoms with Crippen molar-refractivity contribution in [2.24, 2.45) is 0 Å². The van der Waals surface area contributed by atoms with Crippen LogP contribution in [0.3, 0.4) is 0 Å². The molecule has 0 aliphatic rings. The molecular formula is C18H14BrN3O2S2. The summed E-state index contributed by atoms with van der Waals surface area (Å²) in [4.78, 5) is 32.6. The van der Waals surface area contributed by atoms with E-state index in [0.717, 1.165) is 25.6 Å². The van der Waals surface area contributed by atoms with Crippen molar-refractivity contribution in [3.8, 4) is 0 Å². The van der Waals surface area contributed by atoms with Crippen LogP contribution in [-0.2, 0) is 0 Å². The summed E-state index contributed by atoms with van der Waals surface area (Å²) in [6, 6.07) is 9.10. The van der Waals surface area contributed by atoms with Gasteiger partial charge in [-0.05, 0) is 59.6 Å². The number of ketones is 1. The first-order valence-corrected chi connectivity index (χ1v) is 10.0. The van der Waals surface area contributed by atoms with Crippen molar-refractivity contribution < 1.29 is 9.59 Å². The highest BCUT2D eigenvalue weighted by Crippen LogP contribution is 2.37. The molecule has 3 aromatic rings. The Morgan fingerprint density at radius 2 is 2.15 bits per heavy atom. The normalized spacial score (nSPS) is 10.6. The summed E-state index contributed by atoms with van der Waals surface area (Å²) in [5.41, 5.74) is 1.98. The second-order valence-corrected chi connectivity index (χ2v) is 8.62. The highest BCUT2D eigenvalue weighted by atomic mass is 79.9. The van der Waals surface area contributed by atoms with Gasteiger partial charge >= 0.3 is 0 Å². The van der Waals surface area contributed by atoms with Crippen LogP contribution in [0.2, 0.25) is 0 Å². The lowest BCUT2D eigenvalue weighted by Gasteiger charge is -2.08. The summed E-state index contributed by atoms with van der Waals surface area (Å²) < 4.78 is 1.64. The van der Waals surface area contributed by atoms with E-state index in [0.29, 0.717) is 22.1 Å². The van der Waals surface area contributed by atoms with Gasteiger partial charge in [-0.1, -0.05) is 29.2 Å². The van der Waals surface area contributed by atoms with E-state index in [-0.39, 0.29) is 5.78 Å². The number of halogens is 1. The number of hydrogen-bond acceptors (Lipinski definition) is 7.